The van der Waals surface area contributed by atoms with E-state index in [2.05, 4.69) is 51.6 Å². The molecule has 0 unspecified atom stereocenters. The van der Waals surface area contributed by atoms with Crippen LogP contribution in [0.4, 0.5) is 11.8 Å². The fraction of sp³-hybridized carbons (Fsp3) is 0.154. The van der Waals surface area contributed by atoms with Crippen LogP contribution < -0.4 is 11.1 Å². The highest BCUT2D eigenvalue weighted by atomic mass is 15.4. The van der Waals surface area contributed by atoms with Gasteiger partial charge >= 0.3 is 0 Å². The molecule has 2 heterocycles. The van der Waals surface area contributed by atoms with Gasteiger partial charge in [-0.1, -0.05) is 29.8 Å². The number of nitrogens with one attached hydrogen (secondary N) is 1. The molecule has 6 nitrogen and oxygen atoms in total. The van der Waals surface area contributed by atoms with Gasteiger partial charge in [0.25, 0.3) is 5.78 Å². The maximum absolute atomic E-state index is 5.57. The van der Waals surface area contributed by atoms with E-state index in [4.69, 9.17) is 5.73 Å². The van der Waals surface area contributed by atoms with Crippen molar-refractivity contribution in [1.82, 2.24) is 19.6 Å². The molecule has 0 aliphatic carbocycles. The van der Waals surface area contributed by atoms with Crippen LogP contribution in [-0.4, -0.2) is 19.6 Å². The SMILES string of the molecule is Cc1ccc(CNc2ccnc3nc(N)nn23)cc1. The van der Waals surface area contributed by atoms with Crippen LogP contribution in [0, 0.1) is 6.92 Å². The van der Waals surface area contributed by atoms with Gasteiger partial charge in [-0.05, 0) is 18.6 Å². The number of nitrogen functional groups attached to an aromatic ring is 1. The third-order valence-electron chi connectivity index (χ3n) is 2.85. The van der Waals surface area contributed by atoms with Crippen molar-refractivity contribution in [3.05, 3.63) is 47.7 Å². The van der Waals surface area contributed by atoms with Crippen LogP contribution in [-0.2, 0) is 6.54 Å². The van der Waals surface area contributed by atoms with E-state index < -0.39 is 0 Å². The summed E-state index contributed by atoms with van der Waals surface area (Å²) in [5, 5.41) is 7.40. The summed E-state index contributed by atoms with van der Waals surface area (Å²) in [5.74, 6) is 1.53. The number of anilines is 2. The molecule has 3 rings (SSSR count). The van der Waals surface area contributed by atoms with E-state index in [-0.39, 0.29) is 5.95 Å². The summed E-state index contributed by atoms with van der Waals surface area (Å²) in [4.78, 5) is 8.12. The quantitative estimate of drug-likeness (QED) is 0.742. The first-order valence-corrected chi connectivity index (χ1v) is 5.99. The van der Waals surface area contributed by atoms with Gasteiger partial charge in [-0.3, -0.25) is 0 Å². The average molecular weight is 254 g/mol. The highest BCUT2D eigenvalue weighted by Crippen LogP contribution is 2.11. The van der Waals surface area contributed by atoms with Crippen LogP contribution >= 0.6 is 0 Å². The monoisotopic (exact) mass is 254 g/mol. The second-order valence-electron chi connectivity index (χ2n) is 4.35. The zero-order valence-electron chi connectivity index (χ0n) is 10.5. The predicted molar refractivity (Wildman–Crippen MR) is 73.7 cm³/mol. The van der Waals surface area contributed by atoms with Crippen molar-refractivity contribution in [3.63, 3.8) is 0 Å². The lowest BCUT2D eigenvalue weighted by molar-refractivity contribution is 0.929. The first-order chi connectivity index (χ1) is 9.22. The van der Waals surface area contributed by atoms with E-state index in [1.54, 1.807) is 10.7 Å². The molecule has 96 valence electrons. The highest BCUT2D eigenvalue weighted by Gasteiger charge is 2.05. The number of nitrogens with two attached hydrogens (primary N) is 1. The standard InChI is InChI=1S/C13H14N6/c1-9-2-4-10(5-3-9)8-16-11-6-7-15-13-17-12(14)18-19(11)13/h2-7,16H,8H2,1H3,(H2,14,18). The van der Waals surface area contributed by atoms with Crippen molar-refractivity contribution >= 4 is 17.5 Å². The van der Waals surface area contributed by atoms with Gasteiger partial charge in [0.2, 0.25) is 5.95 Å². The number of aryl methyl sites for hydroxylation is 1. The van der Waals surface area contributed by atoms with E-state index in [1.165, 1.54) is 11.1 Å². The molecule has 19 heavy (non-hydrogen) atoms. The second kappa shape index (κ2) is 4.56. The fourth-order valence-electron chi connectivity index (χ4n) is 1.84. The molecule has 3 aromatic rings. The number of rotatable bonds is 3. The summed E-state index contributed by atoms with van der Waals surface area (Å²) < 4.78 is 1.60. The maximum atomic E-state index is 5.57. The molecule has 0 atom stereocenters. The number of nitrogens with zero attached hydrogens (tertiary/aromatic N) is 4. The Labute approximate surface area is 110 Å². The largest absolute Gasteiger partial charge is 0.366 e. The molecule has 0 bridgehead atoms. The van der Waals surface area contributed by atoms with Crippen LogP contribution in [0.1, 0.15) is 11.1 Å². The van der Waals surface area contributed by atoms with Crippen LogP contribution in [0.3, 0.4) is 0 Å². The molecule has 0 aliphatic heterocycles. The smallest absolute Gasteiger partial charge is 0.255 e. The minimum Gasteiger partial charge on any atom is -0.366 e. The second-order valence-corrected chi connectivity index (χ2v) is 4.35. The van der Waals surface area contributed by atoms with Gasteiger partial charge in [-0.2, -0.15) is 9.50 Å². The molecule has 0 fully saturated rings. The van der Waals surface area contributed by atoms with E-state index in [0.717, 1.165) is 5.82 Å². The average Bonchev–Trinajstić information content (AvgIpc) is 2.79. The van der Waals surface area contributed by atoms with Gasteiger partial charge in [0.05, 0.1) is 0 Å². The normalized spacial score (nSPS) is 10.8. The van der Waals surface area contributed by atoms with Crippen molar-refractivity contribution in [2.75, 3.05) is 11.1 Å². The molecule has 0 radical (unpaired) electrons. The number of hydrogen-bond donors (Lipinski definition) is 2. The van der Waals surface area contributed by atoms with Gasteiger partial charge in [0, 0.05) is 12.7 Å². The molecule has 1 aromatic carbocycles. The molecule has 3 N–H and O–H groups in total. The first kappa shape index (κ1) is 11.5. The summed E-state index contributed by atoms with van der Waals surface area (Å²) in [6.07, 6.45) is 1.68. The Morgan fingerprint density at radius 2 is 2.00 bits per heavy atom. The van der Waals surface area contributed by atoms with Crippen molar-refractivity contribution in [2.24, 2.45) is 0 Å². The van der Waals surface area contributed by atoms with E-state index >= 15 is 0 Å². The number of aromatic nitrogens is 4. The zero-order valence-corrected chi connectivity index (χ0v) is 10.5. The van der Waals surface area contributed by atoms with Gasteiger partial charge in [0.15, 0.2) is 0 Å². The minimum absolute atomic E-state index is 0.220. The van der Waals surface area contributed by atoms with Crippen LogP contribution in [0.15, 0.2) is 36.5 Å². The number of fused-ring (bicyclic) bond motifs is 1. The molecular formula is C13H14N6. The first-order valence-electron chi connectivity index (χ1n) is 5.99. The summed E-state index contributed by atoms with van der Waals surface area (Å²) >= 11 is 0. The topological polar surface area (TPSA) is 81.1 Å². The van der Waals surface area contributed by atoms with Gasteiger partial charge in [0.1, 0.15) is 5.82 Å². The Hall–Kier alpha value is -2.63. The lowest BCUT2D eigenvalue weighted by Gasteiger charge is -2.07. The molecule has 0 amide bonds. The molecule has 6 heteroatoms. The van der Waals surface area contributed by atoms with E-state index in [1.807, 2.05) is 6.07 Å². The lowest BCUT2D eigenvalue weighted by Crippen LogP contribution is -2.05. The maximum Gasteiger partial charge on any atom is 0.255 e. The Kier molecular flexibility index (Phi) is 2.75. The molecule has 0 saturated heterocycles. The lowest BCUT2D eigenvalue weighted by atomic mass is 10.1. The Balaban J connectivity index is 1.83. The molecule has 0 spiro atoms. The van der Waals surface area contributed by atoms with Crippen molar-refractivity contribution in [2.45, 2.75) is 13.5 Å². The van der Waals surface area contributed by atoms with Crippen molar-refractivity contribution in [1.29, 1.82) is 0 Å². The summed E-state index contributed by atoms with van der Waals surface area (Å²) in [6.45, 7) is 2.78. The highest BCUT2D eigenvalue weighted by molar-refractivity contribution is 5.45. The molecule has 0 aliphatic rings. The third kappa shape index (κ3) is 2.33. The van der Waals surface area contributed by atoms with E-state index in [9.17, 15) is 0 Å². The van der Waals surface area contributed by atoms with Gasteiger partial charge < -0.3 is 11.1 Å². The summed E-state index contributed by atoms with van der Waals surface area (Å²) in [7, 11) is 0. The summed E-state index contributed by atoms with van der Waals surface area (Å²) in [5.41, 5.74) is 8.02. The Morgan fingerprint density at radius 1 is 1.21 bits per heavy atom. The van der Waals surface area contributed by atoms with Crippen molar-refractivity contribution in [3.8, 4) is 0 Å². The number of benzene rings is 1. The van der Waals surface area contributed by atoms with Gasteiger partial charge in [-0.25, -0.2) is 4.98 Å². The minimum atomic E-state index is 0.220. The molecule has 0 saturated carbocycles. The van der Waals surface area contributed by atoms with Crippen molar-refractivity contribution < 1.29 is 0 Å². The predicted octanol–water partition coefficient (Wildman–Crippen LogP) is 1.63. The van der Waals surface area contributed by atoms with Gasteiger partial charge in [-0.15, -0.1) is 5.10 Å². The van der Waals surface area contributed by atoms with Crippen LogP contribution in [0.25, 0.3) is 5.78 Å². The zero-order chi connectivity index (χ0) is 13.2. The molecule has 2 aromatic heterocycles. The third-order valence-corrected chi connectivity index (χ3v) is 2.85. The Bertz CT molecular complexity index is 701. The Morgan fingerprint density at radius 3 is 2.79 bits per heavy atom. The van der Waals surface area contributed by atoms with Crippen LogP contribution in [0.2, 0.25) is 0 Å². The molecular weight excluding hydrogens is 240 g/mol. The summed E-state index contributed by atoms with van der Waals surface area (Å²) in [6, 6.07) is 10.2. The fourth-order valence-corrected chi connectivity index (χ4v) is 1.84. The van der Waals surface area contributed by atoms with E-state index in [0.29, 0.717) is 12.3 Å². The van der Waals surface area contributed by atoms with Crippen LogP contribution in [0.5, 0.6) is 0 Å². The number of hydrogen-bond acceptors (Lipinski definition) is 5.